The smallest absolute Gasteiger partial charge is 0.257 e. The second-order valence-electron chi connectivity index (χ2n) is 5.35. The first-order chi connectivity index (χ1) is 11.8. The van der Waals surface area contributed by atoms with Gasteiger partial charge in [0, 0.05) is 17.1 Å². The molecular weight excluding hydrogens is 387 g/mol. The van der Waals surface area contributed by atoms with Gasteiger partial charge in [-0.15, -0.1) is 0 Å². The number of benzene rings is 2. The van der Waals surface area contributed by atoms with Gasteiger partial charge in [-0.25, -0.2) is 12.7 Å². The third kappa shape index (κ3) is 3.63. The summed E-state index contributed by atoms with van der Waals surface area (Å²) in [6.07, 6.45) is -0.0883. The van der Waals surface area contributed by atoms with Crippen LogP contribution in [0.1, 0.15) is 16.8 Å². The largest absolute Gasteiger partial charge is 0.322 e. The van der Waals surface area contributed by atoms with Gasteiger partial charge in [0.2, 0.25) is 15.9 Å². The van der Waals surface area contributed by atoms with Crippen LogP contribution in [0.5, 0.6) is 0 Å². The molecule has 9 heteroatoms. The summed E-state index contributed by atoms with van der Waals surface area (Å²) in [7, 11) is -3.72. The van der Waals surface area contributed by atoms with Crippen LogP contribution in [0.15, 0.2) is 42.5 Å². The van der Waals surface area contributed by atoms with Crippen molar-refractivity contribution >= 4 is 56.4 Å². The van der Waals surface area contributed by atoms with E-state index in [0.29, 0.717) is 15.0 Å². The van der Waals surface area contributed by atoms with E-state index in [4.69, 9.17) is 23.2 Å². The van der Waals surface area contributed by atoms with E-state index in [1.54, 1.807) is 24.3 Å². The quantitative estimate of drug-likeness (QED) is 0.859. The highest BCUT2D eigenvalue weighted by Gasteiger charge is 2.36. The van der Waals surface area contributed by atoms with Crippen LogP contribution in [-0.2, 0) is 14.8 Å². The fourth-order valence-corrected chi connectivity index (χ4v) is 4.29. The summed E-state index contributed by atoms with van der Waals surface area (Å²) in [5.74, 6) is -1.33. The molecule has 0 bridgehead atoms. The minimum atomic E-state index is -3.72. The van der Waals surface area contributed by atoms with Gasteiger partial charge in [-0.05, 0) is 36.4 Å². The molecule has 2 aromatic rings. The number of hydrogen-bond donors (Lipinski definition) is 1. The van der Waals surface area contributed by atoms with Crippen LogP contribution < -0.4 is 9.62 Å². The number of sulfonamides is 1. The fraction of sp³-hybridized carbons (Fsp3) is 0.125. The molecule has 0 aliphatic carbocycles. The van der Waals surface area contributed by atoms with Crippen LogP contribution in [0.25, 0.3) is 0 Å². The van der Waals surface area contributed by atoms with E-state index in [1.807, 2.05) is 0 Å². The molecule has 2 amide bonds. The first kappa shape index (κ1) is 17.7. The number of nitrogens with zero attached hydrogens (tertiary/aromatic N) is 1. The predicted molar refractivity (Wildman–Crippen MR) is 96.7 cm³/mol. The summed E-state index contributed by atoms with van der Waals surface area (Å²) >= 11 is 11.9. The highest BCUT2D eigenvalue weighted by Crippen LogP contribution is 2.29. The number of carbonyl (C=O) groups is 2. The van der Waals surface area contributed by atoms with Gasteiger partial charge < -0.3 is 5.32 Å². The van der Waals surface area contributed by atoms with E-state index in [0.717, 1.165) is 0 Å². The van der Waals surface area contributed by atoms with Crippen molar-refractivity contribution in [3.63, 3.8) is 0 Å². The molecule has 25 heavy (non-hydrogen) atoms. The third-order valence-electron chi connectivity index (χ3n) is 3.59. The fourth-order valence-electron chi connectivity index (χ4n) is 2.45. The van der Waals surface area contributed by atoms with Gasteiger partial charge in [0.15, 0.2) is 0 Å². The van der Waals surface area contributed by atoms with E-state index in [9.17, 15) is 18.0 Å². The molecular formula is C16H12Cl2N2O4S. The highest BCUT2D eigenvalue weighted by atomic mass is 35.5. The van der Waals surface area contributed by atoms with Crippen LogP contribution in [0.3, 0.4) is 0 Å². The molecule has 0 aromatic heterocycles. The Morgan fingerprint density at radius 3 is 2.52 bits per heavy atom. The zero-order valence-electron chi connectivity index (χ0n) is 12.7. The molecule has 1 N–H and O–H groups in total. The lowest BCUT2D eigenvalue weighted by atomic mass is 10.1. The number of anilines is 2. The molecule has 1 aliphatic rings. The van der Waals surface area contributed by atoms with Crippen LogP contribution in [0, 0.1) is 0 Å². The molecule has 6 nitrogen and oxygen atoms in total. The van der Waals surface area contributed by atoms with E-state index >= 15 is 0 Å². The number of halogens is 2. The van der Waals surface area contributed by atoms with Crippen LogP contribution in [0.2, 0.25) is 10.0 Å². The number of hydrogen-bond acceptors (Lipinski definition) is 4. The lowest BCUT2D eigenvalue weighted by molar-refractivity contribution is -0.116. The van der Waals surface area contributed by atoms with Crippen molar-refractivity contribution < 1.29 is 18.0 Å². The Labute approximate surface area is 154 Å². The summed E-state index contributed by atoms with van der Waals surface area (Å²) in [6, 6.07) is 10.6. The van der Waals surface area contributed by atoms with E-state index in [-0.39, 0.29) is 28.4 Å². The lowest BCUT2D eigenvalue weighted by Crippen LogP contribution is -2.29. The summed E-state index contributed by atoms with van der Waals surface area (Å²) in [6.45, 7) is 0. The van der Waals surface area contributed by atoms with Gasteiger partial charge in [0.25, 0.3) is 5.91 Å². The maximum absolute atomic E-state index is 12.5. The molecule has 130 valence electrons. The van der Waals surface area contributed by atoms with Crippen LogP contribution in [0.4, 0.5) is 11.4 Å². The summed E-state index contributed by atoms with van der Waals surface area (Å²) in [4.78, 5) is 24.3. The highest BCUT2D eigenvalue weighted by molar-refractivity contribution is 7.94. The van der Waals surface area contributed by atoms with Crippen molar-refractivity contribution in [2.24, 2.45) is 0 Å². The Kier molecular flexibility index (Phi) is 4.73. The number of nitrogens with one attached hydrogen (secondary N) is 1. The zero-order chi connectivity index (χ0) is 18.2. The minimum Gasteiger partial charge on any atom is -0.322 e. The Hall–Kier alpha value is -2.09. The van der Waals surface area contributed by atoms with Crippen molar-refractivity contribution in [3.8, 4) is 0 Å². The molecule has 0 unspecified atom stereocenters. The van der Waals surface area contributed by atoms with Crippen LogP contribution in [-0.4, -0.2) is 26.0 Å². The summed E-state index contributed by atoms with van der Waals surface area (Å²) < 4.78 is 24.8. The lowest BCUT2D eigenvalue weighted by Gasteiger charge is -2.16. The molecule has 0 atom stereocenters. The normalized spacial score (nSPS) is 16.1. The first-order valence-corrected chi connectivity index (χ1v) is 9.57. The van der Waals surface area contributed by atoms with Crippen molar-refractivity contribution in [1.82, 2.24) is 0 Å². The minimum absolute atomic E-state index is 0.0500. The van der Waals surface area contributed by atoms with E-state index in [1.165, 1.54) is 18.2 Å². The molecule has 0 radical (unpaired) electrons. The van der Waals surface area contributed by atoms with Gasteiger partial charge in [0.1, 0.15) is 0 Å². The summed E-state index contributed by atoms with van der Waals surface area (Å²) in [5, 5.41) is 3.21. The Morgan fingerprint density at radius 2 is 1.88 bits per heavy atom. The van der Waals surface area contributed by atoms with Crippen molar-refractivity contribution in [2.75, 3.05) is 15.4 Å². The molecule has 1 aliphatic heterocycles. The maximum Gasteiger partial charge on any atom is 0.257 e. The molecule has 1 fully saturated rings. The maximum atomic E-state index is 12.5. The second kappa shape index (κ2) is 6.67. The van der Waals surface area contributed by atoms with E-state index < -0.39 is 21.8 Å². The zero-order valence-corrected chi connectivity index (χ0v) is 15.0. The Bertz CT molecular complexity index is 976. The molecule has 0 spiro atoms. The van der Waals surface area contributed by atoms with Gasteiger partial charge in [-0.2, -0.15) is 0 Å². The molecule has 3 rings (SSSR count). The van der Waals surface area contributed by atoms with E-state index in [2.05, 4.69) is 5.32 Å². The van der Waals surface area contributed by atoms with Crippen LogP contribution >= 0.6 is 23.2 Å². The number of amides is 2. The average Bonchev–Trinajstić information content (AvgIpc) is 2.81. The SMILES string of the molecule is O=C(Nc1cccc(Cl)c1)c1cc(N2C(=O)CCS2(=O)=O)ccc1Cl. The predicted octanol–water partition coefficient (Wildman–Crippen LogP) is 3.31. The van der Waals surface area contributed by atoms with Gasteiger partial charge in [-0.1, -0.05) is 29.3 Å². The standard InChI is InChI=1S/C16H12Cl2N2O4S/c17-10-2-1-3-11(8-10)19-16(22)13-9-12(4-5-14(13)18)20-15(21)6-7-25(20,23)24/h1-5,8-9H,6-7H2,(H,19,22). The van der Waals surface area contributed by atoms with Gasteiger partial charge in [-0.3, -0.25) is 9.59 Å². The molecule has 0 saturated carbocycles. The van der Waals surface area contributed by atoms with Crippen molar-refractivity contribution in [1.29, 1.82) is 0 Å². The average molecular weight is 399 g/mol. The second-order valence-corrected chi connectivity index (χ2v) is 8.13. The Balaban J connectivity index is 1.94. The van der Waals surface area contributed by atoms with Crippen molar-refractivity contribution in [2.45, 2.75) is 6.42 Å². The van der Waals surface area contributed by atoms with Gasteiger partial charge in [0.05, 0.1) is 22.0 Å². The topological polar surface area (TPSA) is 83.6 Å². The first-order valence-electron chi connectivity index (χ1n) is 7.20. The summed E-state index contributed by atoms with van der Waals surface area (Å²) in [5.41, 5.74) is 0.598. The number of carbonyl (C=O) groups excluding carboxylic acids is 2. The number of rotatable bonds is 3. The molecule has 2 aromatic carbocycles. The molecule has 1 heterocycles. The Morgan fingerprint density at radius 1 is 1.12 bits per heavy atom. The third-order valence-corrected chi connectivity index (χ3v) is 5.85. The molecule has 1 saturated heterocycles. The monoisotopic (exact) mass is 398 g/mol. The van der Waals surface area contributed by atoms with Crippen molar-refractivity contribution in [3.05, 3.63) is 58.1 Å². The van der Waals surface area contributed by atoms with Gasteiger partial charge >= 0.3 is 0 Å².